The first-order valence-electron chi connectivity index (χ1n) is 13.1. The van der Waals surface area contributed by atoms with Gasteiger partial charge in [0.15, 0.2) is 11.6 Å². The molecule has 0 radical (unpaired) electrons. The highest BCUT2D eigenvalue weighted by Gasteiger charge is 2.38. The predicted octanol–water partition coefficient (Wildman–Crippen LogP) is 2.47. The second kappa shape index (κ2) is 10.2. The van der Waals surface area contributed by atoms with E-state index in [4.69, 9.17) is 9.72 Å². The summed E-state index contributed by atoms with van der Waals surface area (Å²) in [6.07, 6.45) is 8.29. The molecule has 10 nitrogen and oxygen atoms in total. The fourth-order valence-corrected chi connectivity index (χ4v) is 5.40. The summed E-state index contributed by atoms with van der Waals surface area (Å²) in [4.78, 5) is 24.1. The van der Waals surface area contributed by atoms with Crippen molar-refractivity contribution in [3.8, 4) is 0 Å². The number of ether oxygens (including phenoxy) is 1. The third-order valence-electron chi connectivity index (χ3n) is 7.59. The minimum Gasteiger partial charge on any atom is -0.492 e. The summed E-state index contributed by atoms with van der Waals surface area (Å²) in [7, 11) is 0. The quantitative estimate of drug-likeness (QED) is 0.401. The number of carbonyl (C=O) groups is 1. The van der Waals surface area contributed by atoms with Crippen LogP contribution in [-0.2, 0) is 4.74 Å². The van der Waals surface area contributed by atoms with E-state index in [1.54, 1.807) is 19.3 Å². The molecule has 1 aromatic carbocycles. The zero-order valence-electron chi connectivity index (χ0n) is 22.0. The first kappa shape index (κ1) is 26.3. The summed E-state index contributed by atoms with van der Waals surface area (Å²) in [6, 6.07) is 1.40. The summed E-state index contributed by atoms with van der Waals surface area (Å²) in [5.41, 5.74) is 11.9. The molecule has 5 heterocycles. The lowest BCUT2D eigenvalue weighted by molar-refractivity contribution is 0.0881. The fourth-order valence-electron chi connectivity index (χ4n) is 5.40. The molecule has 1 atom stereocenters. The molecular weight excluding hydrogens is 525 g/mol. The molecule has 13 heteroatoms. The molecule has 6 rings (SSSR count). The van der Waals surface area contributed by atoms with Crippen molar-refractivity contribution in [2.75, 3.05) is 31.1 Å². The van der Waals surface area contributed by atoms with E-state index in [2.05, 4.69) is 26.6 Å². The van der Waals surface area contributed by atoms with Gasteiger partial charge in [-0.05, 0) is 44.9 Å². The molecule has 1 aromatic heterocycles. The van der Waals surface area contributed by atoms with E-state index in [0.29, 0.717) is 62.4 Å². The van der Waals surface area contributed by atoms with Crippen LogP contribution in [0, 0.1) is 17.5 Å². The molecule has 0 bridgehead atoms. The number of aromatic nitrogens is 2. The third kappa shape index (κ3) is 4.69. The van der Waals surface area contributed by atoms with Gasteiger partial charge in [-0.25, -0.2) is 29.0 Å². The fraction of sp³-hybridized carbons (Fsp3) is 0.370. The van der Waals surface area contributed by atoms with Crippen LogP contribution in [0.15, 0.2) is 53.8 Å². The Labute approximate surface area is 228 Å². The number of nitrogens with one attached hydrogen (secondary N) is 4. The van der Waals surface area contributed by atoms with Crippen LogP contribution in [-0.4, -0.2) is 58.8 Å². The minimum atomic E-state index is -1.49. The number of rotatable bonds is 6. The lowest BCUT2D eigenvalue weighted by Gasteiger charge is -2.40. The Kier molecular flexibility index (Phi) is 6.72. The van der Waals surface area contributed by atoms with Crippen LogP contribution < -0.4 is 26.5 Å². The number of amides is 1. The molecule has 0 saturated carbocycles. The molecule has 1 unspecified atom stereocenters. The molecule has 1 amide bonds. The van der Waals surface area contributed by atoms with Gasteiger partial charge >= 0.3 is 0 Å². The first-order chi connectivity index (χ1) is 19.3. The summed E-state index contributed by atoms with van der Waals surface area (Å²) >= 11 is 0. The SMILES string of the molecule is CCOC1=CN2NC3NNCC3=C2C(c2cnc(N3CCC(C)(NC(=O)c4c(F)ccc(F)c4F)CC3)cn2)=C1. The Bertz CT molecular complexity index is 1430. The minimum absolute atomic E-state index is 0.0279. The highest BCUT2D eigenvalue weighted by Crippen LogP contribution is 2.37. The maximum Gasteiger partial charge on any atom is 0.257 e. The molecule has 0 spiro atoms. The van der Waals surface area contributed by atoms with Gasteiger partial charge in [0.25, 0.3) is 5.91 Å². The highest BCUT2D eigenvalue weighted by molar-refractivity contribution is 5.95. The van der Waals surface area contributed by atoms with Crippen molar-refractivity contribution in [2.24, 2.45) is 0 Å². The van der Waals surface area contributed by atoms with E-state index >= 15 is 0 Å². The van der Waals surface area contributed by atoms with Gasteiger partial charge < -0.3 is 15.0 Å². The second-order valence-electron chi connectivity index (χ2n) is 10.3. The van der Waals surface area contributed by atoms with Crippen LogP contribution in [0.5, 0.6) is 0 Å². The number of hydrogen-bond donors (Lipinski definition) is 4. The maximum atomic E-state index is 14.1. The van der Waals surface area contributed by atoms with E-state index in [1.165, 1.54) is 5.57 Å². The molecule has 4 aliphatic rings. The van der Waals surface area contributed by atoms with Gasteiger partial charge in [-0.15, -0.1) is 0 Å². The van der Waals surface area contributed by atoms with E-state index in [1.807, 2.05) is 29.1 Å². The average Bonchev–Trinajstić information content (AvgIpc) is 3.52. The number of benzene rings is 1. The van der Waals surface area contributed by atoms with Gasteiger partial charge in [0.2, 0.25) is 0 Å². The Hall–Kier alpha value is -3.94. The molecule has 2 saturated heterocycles. The molecule has 4 N–H and O–H groups in total. The van der Waals surface area contributed by atoms with Gasteiger partial charge in [0.05, 0.1) is 36.6 Å². The molecule has 2 aromatic rings. The van der Waals surface area contributed by atoms with E-state index in [0.717, 1.165) is 17.3 Å². The monoisotopic (exact) mass is 554 g/mol. The summed E-state index contributed by atoms with van der Waals surface area (Å²) in [5.74, 6) is -3.45. The van der Waals surface area contributed by atoms with Crippen LogP contribution in [0.25, 0.3) is 5.57 Å². The van der Waals surface area contributed by atoms with E-state index in [9.17, 15) is 18.0 Å². The van der Waals surface area contributed by atoms with Crippen LogP contribution in [0.3, 0.4) is 0 Å². The Morgan fingerprint density at radius 2 is 1.95 bits per heavy atom. The number of halogens is 3. The average molecular weight is 555 g/mol. The van der Waals surface area contributed by atoms with Gasteiger partial charge in [-0.1, -0.05) is 0 Å². The van der Waals surface area contributed by atoms with Crippen LogP contribution in [0.1, 0.15) is 42.7 Å². The van der Waals surface area contributed by atoms with Crippen molar-refractivity contribution >= 4 is 17.3 Å². The third-order valence-corrected chi connectivity index (χ3v) is 7.59. The standard InChI is InChI=1S/C27H29F3N8O2/c1-3-40-15-10-16(24-17-11-33-35-25(17)36-38(24)14-15)20-12-32-21(13-31-20)37-8-6-27(2,7-9-37)34-26(39)22-18(28)4-5-19(29)23(22)30/h4-5,10,12-14,25,33,35-36H,3,6-9,11H2,1-2H3,(H,34,39). The molecule has 0 aliphatic carbocycles. The number of carbonyl (C=O) groups excluding carboxylic acids is 1. The number of allylic oxidation sites excluding steroid dienone is 2. The number of hydrogen-bond acceptors (Lipinski definition) is 9. The second-order valence-corrected chi connectivity index (χ2v) is 10.3. The lowest BCUT2D eigenvalue weighted by atomic mass is 9.89. The molecule has 4 aliphatic heterocycles. The summed E-state index contributed by atoms with van der Waals surface area (Å²) in [6.45, 7) is 6.02. The van der Waals surface area contributed by atoms with E-state index < -0.39 is 34.5 Å². The number of nitrogens with zero attached hydrogens (tertiary/aromatic N) is 4. The highest BCUT2D eigenvalue weighted by atomic mass is 19.2. The van der Waals surface area contributed by atoms with Crippen molar-refractivity contribution in [2.45, 2.75) is 38.4 Å². The van der Waals surface area contributed by atoms with Crippen molar-refractivity contribution < 1.29 is 22.7 Å². The first-order valence-corrected chi connectivity index (χ1v) is 13.1. The maximum absolute atomic E-state index is 14.1. The van der Waals surface area contributed by atoms with Gasteiger partial charge in [-0.3, -0.25) is 20.2 Å². The Morgan fingerprint density at radius 3 is 2.67 bits per heavy atom. The predicted molar refractivity (Wildman–Crippen MR) is 140 cm³/mol. The topological polar surface area (TPSA) is 107 Å². The zero-order chi connectivity index (χ0) is 28.0. The lowest BCUT2D eigenvalue weighted by Crippen LogP contribution is -2.53. The molecule has 2 fully saturated rings. The number of hydrazine groups is 2. The van der Waals surface area contributed by atoms with E-state index in [-0.39, 0.29) is 6.17 Å². The van der Waals surface area contributed by atoms with Crippen LogP contribution in [0.4, 0.5) is 19.0 Å². The Balaban J connectivity index is 1.15. The smallest absolute Gasteiger partial charge is 0.257 e. The van der Waals surface area contributed by atoms with Crippen molar-refractivity contribution in [1.82, 2.24) is 36.6 Å². The largest absolute Gasteiger partial charge is 0.492 e. The number of anilines is 1. The summed E-state index contributed by atoms with van der Waals surface area (Å²) in [5, 5.41) is 4.65. The zero-order valence-corrected chi connectivity index (χ0v) is 22.0. The van der Waals surface area contributed by atoms with Crippen molar-refractivity contribution in [1.29, 1.82) is 0 Å². The molecule has 40 heavy (non-hydrogen) atoms. The van der Waals surface area contributed by atoms with Gasteiger partial charge in [0, 0.05) is 36.3 Å². The Morgan fingerprint density at radius 1 is 1.18 bits per heavy atom. The number of fused-ring (bicyclic) bond motifs is 2. The number of piperidine rings is 1. The molecule has 210 valence electrons. The summed E-state index contributed by atoms with van der Waals surface area (Å²) < 4.78 is 47.6. The van der Waals surface area contributed by atoms with Crippen LogP contribution in [0.2, 0.25) is 0 Å². The van der Waals surface area contributed by atoms with Crippen molar-refractivity contribution in [3.05, 3.63) is 82.5 Å². The van der Waals surface area contributed by atoms with Gasteiger partial charge in [-0.2, -0.15) is 0 Å². The van der Waals surface area contributed by atoms with Crippen molar-refractivity contribution in [3.63, 3.8) is 0 Å². The van der Waals surface area contributed by atoms with Gasteiger partial charge in [0.1, 0.15) is 29.1 Å². The molecular formula is C27H29F3N8O2. The van der Waals surface area contributed by atoms with Crippen LogP contribution >= 0.6 is 0 Å². The normalized spacial score (nSPS) is 21.6.